The SMILES string of the molecule is N=C(N)CCCOc1ccc(C(=O)N2CCC(N3C(=O)CCc4ccccc43)CC2)cc1. The van der Waals surface area contributed by atoms with Crippen LogP contribution < -0.4 is 15.4 Å². The third-order valence-electron chi connectivity index (χ3n) is 6.21. The maximum Gasteiger partial charge on any atom is 0.253 e. The number of nitrogens with zero attached hydrogens (tertiary/aromatic N) is 2. The second-order valence-electron chi connectivity index (χ2n) is 8.42. The molecule has 2 aliphatic heterocycles. The van der Waals surface area contributed by atoms with Gasteiger partial charge in [0.25, 0.3) is 5.91 Å². The van der Waals surface area contributed by atoms with E-state index >= 15 is 0 Å². The standard InChI is InChI=1S/C25H30N4O3/c26-23(27)6-3-17-32-21-10-7-19(8-11-21)25(31)28-15-13-20(14-16-28)29-22-5-2-1-4-18(22)9-12-24(29)30/h1-2,4-5,7-8,10-11,20H,3,6,9,12-17H2,(H3,26,27). The Morgan fingerprint density at radius 3 is 2.50 bits per heavy atom. The fourth-order valence-electron chi connectivity index (χ4n) is 4.51. The fraction of sp³-hybridized carbons (Fsp3) is 0.400. The lowest BCUT2D eigenvalue weighted by molar-refractivity contribution is -0.119. The van der Waals surface area contributed by atoms with E-state index < -0.39 is 0 Å². The first-order valence-electron chi connectivity index (χ1n) is 11.3. The van der Waals surface area contributed by atoms with Gasteiger partial charge in [0.2, 0.25) is 5.91 Å². The minimum absolute atomic E-state index is 0.0111. The Bertz CT molecular complexity index is 981. The average Bonchev–Trinajstić information content (AvgIpc) is 2.82. The highest BCUT2D eigenvalue weighted by atomic mass is 16.5. The number of ether oxygens (including phenoxy) is 1. The molecule has 0 unspecified atom stereocenters. The van der Waals surface area contributed by atoms with Gasteiger partial charge in [-0.15, -0.1) is 0 Å². The molecule has 0 spiro atoms. The van der Waals surface area contributed by atoms with E-state index in [0.717, 1.165) is 24.9 Å². The Morgan fingerprint density at radius 2 is 1.78 bits per heavy atom. The van der Waals surface area contributed by atoms with Gasteiger partial charge in [-0.1, -0.05) is 18.2 Å². The normalized spacial score (nSPS) is 16.6. The van der Waals surface area contributed by atoms with Crippen LogP contribution in [0.5, 0.6) is 5.75 Å². The molecule has 1 fully saturated rings. The number of benzene rings is 2. The summed E-state index contributed by atoms with van der Waals surface area (Å²) in [6, 6.07) is 15.5. The molecule has 168 valence electrons. The first-order chi connectivity index (χ1) is 15.5. The van der Waals surface area contributed by atoms with E-state index in [-0.39, 0.29) is 23.7 Å². The minimum atomic E-state index is 0.0111. The number of likely N-dealkylation sites (tertiary alicyclic amines) is 1. The Morgan fingerprint density at radius 1 is 1.06 bits per heavy atom. The summed E-state index contributed by atoms with van der Waals surface area (Å²) in [7, 11) is 0. The van der Waals surface area contributed by atoms with Gasteiger partial charge < -0.3 is 20.3 Å². The number of rotatable bonds is 7. The molecule has 2 aliphatic rings. The molecule has 0 radical (unpaired) electrons. The van der Waals surface area contributed by atoms with Crippen molar-refractivity contribution >= 4 is 23.3 Å². The Labute approximate surface area is 188 Å². The Balaban J connectivity index is 1.32. The molecule has 0 atom stereocenters. The number of nitrogens with one attached hydrogen (secondary N) is 1. The third-order valence-corrected chi connectivity index (χ3v) is 6.21. The van der Waals surface area contributed by atoms with Crippen molar-refractivity contribution in [2.45, 2.75) is 44.6 Å². The maximum atomic E-state index is 13.0. The second kappa shape index (κ2) is 9.85. The molecule has 0 saturated carbocycles. The van der Waals surface area contributed by atoms with Gasteiger partial charge in [-0.3, -0.25) is 15.0 Å². The van der Waals surface area contributed by atoms with Crippen LogP contribution in [0.15, 0.2) is 48.5 Å². The first kappa shape index (κ1) is 21.9. The highest BCUT2D eigenvalue weighted by Crippen LogP contribution is 2.32. The lowest BCUT2D eigenvalue weighted by atomic mass is 9.95. The van der Waals surface area contributed by atoms with Gasteiger partial charge in [0.15, 0.2) is 0 Å². The van der Waals surface area contributed by atoms with Gasteiger partial charge in [0, 0.05) is 43.2 Å². The Kier molecular flexibility index (Phi) is 6.73. The van der Waals surface area contributed by atoms with Crippen LogP contribution in [0.2, 0.25) is 0 Å². The number of fused-ring (bicyclic) bond motifs is 1. The van der Waals surface area contributed by atoms with E-state index in [9.17, 15) is 9.59 Å². The number of nitrogens with two attached hydrogens (primary N) is 1. The van der Waals surface area contributed by atoms with Gasteiger partial charge in [0.1, 0.15) is 5.75 Å². The van der Waals surface area contributed by atoms with Crippen LogP contribution in [0.3, 0.4) is 0 Å². The molecule has 4 rings (SSSR count). The van der Waals surface area contributed by atoms with Crippen LogP contribution in [-0.4, -0.2) is 48.3 Å². The molecule has 2 amide bonds. The van der Waals surface area contributed by atoms with Crippen molar-refractivity contribution in [2.24, 2.45) is 5.73 Å². The molecule has 0 bridgehead atoms. The summed E-state index contributed by atoms with van der Waals surface area (Å²) in [5.41, 5.74) is 8.24. The number of carbonyl (C=O) groups excluding carboxylic acids is 2. The minimum Gasteiger partial charge on any atom is -0.494 e. The van der Waals surface area contributed by atoms with Crippen LogP contribution >= 0.6 is 0 Å². The molecule has 0 aliphatic carbocycles. The third kappa shape index (κ3) is 4.93. The van der Waals surface area contributed by atoms with Crippen molar-refractivity contribution in [3.8, 4) is 5.75 Å². The van der Waals surface area contributed by atoms with E-state index in [1.54, 1.807) is 24.3 Å². The maximum absolute atomic E-state index is 13.0. The zero-order chi connectivity index (χ0) is 22.5. The first-order valence-corrected chi connectivity index (χ1v) is 11.3. The zero-order valence-electron chi connectivity index (χ0n) is 18.3. The predicted octanol–water partition coefficient (Wildman–Crippen LogP) is 3.37. The number of anilines is 1. The summed E-state index contributed by atoms with van der Waals surface area (Å²) in [5, 5.41) is 7.22. The summed E-state index contributed by atoms with van der Waals surface area (Å²) in [4.78, 5) is 29.5. The van der Waals surface area contributed by atoms with Gasteiger partial charge in [-0.2, -0.15) is 0 Å². The molecule has 0 aromatic heterocycles. The van der Waals surface area contributed by atoms with Crippen molar-refractivity contribution in [3.05, 3.63) is 59.7 Å². The molecule has 3 N–H and O–H groups in total. The number of aryl methyl sites for hydroxylation is 1. The highest BCUT2D eigenvalue weighted by Gasteiger charge is 2.33. The average molecular weight is 435 g/mol. The zero-order valence-corrected chi connectivity index (χ0v) is 18.3. The molecular weight excluding hydrogens is 404 g/mol. The van der Waals surface area contributed by atoms with Crippen molar-refractivity contribution in [1.82, 2.24) is 4.90 Å². The van der Waals surface area contributed by atoms with Gasteiger partial charge in [0.05, 0.1) is 12.4 Å². The summed E-state index contributed by atoms with van der Waals surface area (Å²) in [6.07, 6.45) is 4.13. The summed E-state index contributed by atoms with van der Waals surface area (Å²) in [5.74, 6) is 1.06. The van der Waals surface area contributed by atoms with Crippen LogP contribution in [0, 0.1) is 5.41 Å². The number of hydrogen-bond acceptors (Lipinski definition) is 4. The van der Waals surface area contributed by atoms with Crippen LogP contribution in [0.4, 0.5) is 5.69 Å². The van der Waals surface area contributed by atoms with Crippen molar-refractivity contribution in [2.75, 3.05) is 24.6 Å². The summed E-state index contributed by atoms with van der Waals surface area (Å²) in [6.45, 7) is 1.76. The number of carbonyl (C=O) groups is 2. The van der Waals surface area contributed by atoms with E-state index in [2.05, 4.69) is 6.07 Å². The van der Waals surface area contributed by atoms with Gasteiger partial charge in [-0.25, -0.2) is 0 Å². The molecule has 32 heavy (non-hydrogen) atoms. The summed E-state index contributed by atoms with van der Waals surface area (Å²) >= 11 is 0. The summed E-state index contributed by atoms with van der Waals surface area (Å²) < 4.78 is 5.64. The lowest BCUT2D eigenvalue weighted by Crippen LogP contribution is -2.50. The van der Waals surface area contributed by atoms with Crippen molar-refractivity contribution in [1.29, 1.82) is 5.41 Å². The monoisotopic (exact) mass is 434 g/mol. The predicted molar refractivity (Wildman–Crippen MR) is 124 cm³/mol. The fourth-order valence-corrected chi connectivity index (χ4v) is 4.51. The van der Waals surface area contributed by atoms with E-state index in [0.29, 0.717) is 50.3 Å². The molecule has 7 heteroatoms. The second-order valence-corrected chi connectivity index (χ2v) is 8.42. The van der Waals surface area contributed by atoms with Crippen LogP contribution in [0.1, 0.15) is 48.0 Å². The number of hydrogen-bond donors (Lipinski definition) is 2. The molecule has 2 heterocycles. The number of para-hydroxylation sites is 1. The number of piperidine rings is 1. The van der Waals surface area contributed by atoms with Gasteiger partial charge >= 0.3 is 0 Å². The van der Waals surface area contributed by atoms with Crippen molar-refractivity contribution < 1.29 is 14.3 Å². The van der Waals surface area contributed by atoms with E-state index in [1.807, 2.05) is 28.0 Å². The van der Waals surface area contributed by atoms with Crippen molar-refractivity contribution in [3.63, 3.8) is 0 Å². The number of amidine groups is 1. The largest absolute Gasteiger partial charge is 0.494 e. The molecular formula is C25H30N4O3. The quantitative estimate of drug-likeness (QED) is 0.396. The Hall–Kier alpha value is -3.35. The van der Waals surface area contributed by atoms with Gasteiger partial charge in [-0.05, 0) is 61.6 Å². The molecule has 1 saturated heterocycles. The highest BCUT2D eigenvalue weighted by molar-refractivity contribution is 5.97. The molecule has 2 aromatic rings. The number of amides is 2. The molecule has 2 aromatic carbocycles. The van der Waals surface area contributed by atoms with Crippen LogP contribution in [-0.2, 0) is 11.2 Å². The molecule has 7 nitrogen and oxygen atoms in total. The van der Waals surface area contributed by atoms with Crippen LogP contribution in [0.25, 0.3) is 0 Å². The lowest BCUT2D eigenvalue weighted by Gasteiger charge is -2.41. The topological polar surface area (TPSA) is 99.7 Å². The smallest absolute Gasteiger partial charge is 0.253 e. The van der Waals surface area contributed by atoms with E-state index in [4.69, 9.17) is 15.9 Å². The van der Waals surface area contributed by atoms with E-state index in [1.165, 1.54) is 5.56 Å².